The van der Waals surface area contributed by atoms with Crippen molar-refractivity contribution in [2.75, 3.05) is 11.8 Å². The summed E-state index contributed by atoms with van der Waals surface area (Å²) in [4.78, 5) is 9.90. The fraction of sp³-hybridized carbons (Fsp3) is 0.833. The molecule has 0 atom stereocenters. The summed E-state index contributed by atoms with van der Waals surface area (Å²) < 4.78 is 0. The largest absolute Gasteiger partial charge is 0.291 e. The van der Waals surface area contributed by atoms with Gasteiger partial charge in [-0.15, -0.1) is 23.2 Å². The molecule has 0 saturated heterocycles. The van der Waals surface area contributed by atoms with Crippen LogP contribution < -0.4 is 0 Å². The maximum Gasteiger partial charge on any atom is 0.199 e. The smallest absolute Gasteiger partial charge is 0.199 e. The van der Waals surface area contributed by atoms with Gasteiger partial charge in [0, 0.05) is 23.6 Å². The van der Waals surface area contributed by atoms with E-state index in [0.29, 0.717) is 18.2 Å². The van der Waals surface area contributed by atoms with Crippen LogP contribution in [0, 0.1) is 5.41 Å². The zero-order valence-corrected chi connectivity index (χ0v) is 6.80. The van der Waals surface area contributed by atoms with Gasteiger partial charge in [0.1, 0.15) is 0 Å². The maximum atomic E-state index is 9.90. The molecule has 0 rings (SSSR count). The molecular formula is C6H9Cl2O. The summed E-state index contributed by atoms with van der Waals surface area (Å²) in [5.41, 5.74) is -0.259. The van der Waals surface area contributed by atoms with Crippen LogP contribution in [0.25, 0.3) is 0 Å². The van der Waals surface area contributed by atoms with Crippen LogP contribution in [-0.4, -0.2) is 18.0 Å². The van der Waals surface area contributed by atoms with E-state index in [-0.39, 0.29) is 5.41 Å². The molecule has 0 amide bonds. The third-order valence-corrected chi connectivity index (χ3v) is 2.43. The molecule has 0 saturated carbocycles. The fourth-order valence-electron chi connectivity index (χ4n) is 0.304. The Morgan fingerprint density at radius 2 is 1.89 bits per heavy atom. The summed E-state index contributed by atoms with van der Waals surface area (Å²) >= 11 is 11.0. The van der Waals surface area contributed by atoms with Gasteiger partial charge in [0.15, 0.2) is 6.29 Å². The molecule has 0 aromatic heterocycles. The van der Waals surface area contributed by atoms with Crippen LogP contribution in [0.5, 0.6) is 0 Å². The summed E-state index contributed by atoms with van der Waals surface area (Å²) in [6.07, 6.45) is 2.11. The van der Waals surface area contributed by atoms with Gasteiger partial charge < -0.3 is 0 Å². The Labute approximate surface area is 65.3 Å². The number of hydrogen-bond acceptors (Lipinski definition) is 1. The van der Waals surface area contributed by atoms with E-state index in [1.807, 2.05) is 6.92 Å². The molecule has 0 heterocycles. The SMILES string of the molecule is CC(CCl)(CCl)C[C]=O. The van der Waals surface area contributed by atoms with Crippen molar-refractivity contribution in [3.8, 4) is 0 Å². The Morgan fingerprint density at radius 3 is 2.00 bits per heavy atom. The normalized spacial score (nSPS) is 11.4. The highest BCUT2D eigenvalue weighted by molar-refractivity contribution is 6.21. The first-order chi connectivity index (χ1) is 4.18. The van der Waals surface area contributed by atoms with Crippen molar-refractivity contribution >= 4 is 29.5 Å². The van der Waals surface area contributed by atoms with E-state index in [4.69, 9.17) is 23.2 Å². The second-order valence-electron chi connectivity index (χ2n) is 2.40. The third-order valence-electron chi connectivity index (χ3n) is 1.14. The minimum absolute atomic E-state index is 0.259. The first-order valence-corrected chi connectivity index (χ1v) is 3.72. The van der Waals surface area contributed by atoms with Crippen LogP contribution in [0.4, 0.5) is 0 Å². The second kappa shape index (κ2) is 4.13. The van der Waals surface area contributed by atoms with Gasteiger partial charge in [-0.05, 0) is 0 Å². The lowest BCUT2D eigenvalue weighted by Gasteiger charge is -2.19. The van der Waals surface area contributed by atoms with Crippen LogP contribution in [-0.2, 0) is 4.79 Å². The Hall–Kier alpha value is 0.250. The molecule has 53 valence electrons. The van der Waals surface area contributed by atoms with Crippen molar-refractivity contribution in [3.05, 3.63) is 0 Å². The standard InChI is InChI=1S/C6H9Cl2O/c1-6(4-7,5-8)2-3-9/h2,4-5H2,1H3. The average Bonchev–Trinajstić information content (AvgIpc) is 1.89. The summed E-state index contributed by atoms with van der Waals surface area (Å²) in [7, 11) is 0. The minimum Gasteiger partial charge on any atom is -0.291 e. The Bertz CT molecular complexity index is 89.1. The molecule has 0 fully saturated rings. The van der Waals surface area contributed by atoms with Crippen LogP contribution in [0.3, 0.4) is 0 Å². The van der Waals surface area contributed by atoms with Crippen molar-refractivity contribution < 1.29 is 4.79 Å². The summed E-state index contributed by atoms with van der Waals surface area (Å²) in [5, 5.41) is 0. The topological polar surface area (TPSA) is 17.1 Å². The van der Waals surface area contributed by atoms with Gasteiger partial charge in [0.2, 0.25) is 0 Å². The molecule has 0 aliphatic carbocycles. The summed E-state index contributed by atoms with van der Waals surface area (Å²) in [6, 6.07) is 0. The predicted octanol–water partition coefficient (Wildman–Crippen LogP) is 1.97. The average molecular weight is 168 g/mol. The van der Waals surface area contributed by atoms with Crippen molar-refractivity contribution in [1.82, 2.24) is 0 Å². The molecule has 0 spiro atoms. The van der Waals surface area contributed by atoms with Gasteiger partial charge in [-0.2, -0.15) is 0 Å². The van der Waals surface area contributed by atoms with Gasteiger partial charge in [0.25, 0.3) is 0 Å². The lowest BCUT2D eigenvalue weighted by Crippen LogP contribution is -2.20. The van der Waals surface area contributed by atoms with E-state index in [1.54, 1.807) is 6.29 Å². The molecule has 0 N–H and O–H groups in total. The van der Waals surface area contributed by atoms with E-state index in [1.165, 1.54) is 0 Å². The van der Waals surface area contributed by atoms with E-state index in [0.717, 1.165) is 0 Å². The zero-order chi connectivity index (χ0) is 7.33. The molecule has 0 unspecified atom stereocenters. The number of alkyl halides is 2. The number of rotatable bonds is 4. The van der Waals surface area contributed by atoms with E-state index < -0.39 is 0 Å². The predicted molar refractivity (Wildman–Crippen MR) is 39.9 cm³/mol. The van der Waals surface area contributed by atoms with Crippen LogP contribution >= 0.6 is 23.2 Å². The van der Waals surface area contributed by atoms with Gasteiger partial charge in [-0.3, -0.25) is 4.79 Å². The van der Waals surface area contributed by atoms with Crippen molar-refractivity contribution in [2.45, 2.75) is 13.3 Å². The van der Waals surface area contributed by atoms with Crippen molar-refractivity contribution in [3.63, 3.8) is 0 Å². The van der Waals surface area contributed by atoms with E-state index >= 15 is 0 Å². The minimum atomic E-state index is -0.259. The van der Waals surface area contributed by atoms with Crippen LogP contribution in [0.1, 0.15) is 13.3 Å². The quantitative estimate of drug-likeness (QED) is 0.586. The van der Waals surface area contributed by atoms with E-state index in [9.17, 15) is 4.79 Å². The van der Waals surface area contributed by atoms with Gasteiger partial charge in [0.05, 0.1) is 0 Å². The molecule has 9 heavy (non-hydrogen) atoms. The zero-order valence-electron chi connectivity index (χ0n) is 5.29. The molecule has 0 aromatic carbocycles. The van der Waals surface area contributed by atoms with Gasteiger partial charge >= 0.3 is 0 Å². The molecule has 0 bridgehead atoms. The van der Waals surface area contributed by atoms with Gasteiger partial charge in [-0.25, -0.2) is 0 Å². The van der Waals surface area contributed by atoms with Crippen molar-refractivity contribution in [1.29, 1.82) is 0 Å². The fourth-order valence-corrected chi connectivity index (χ4v) is 0.779. The highest BCUT2D eigenvalue weighted by Gasteiger charge is 2.21. The Morgan fingerprint density at radius 1 is 1.44 bits per heavy atom. The Balaban J connectivity index is 3.75. The molecule has 0 aliphatic heterocycles. The lowest BCUT2D eigenvalue weighted by molar-refractivity contribution is 0.429. The van der Waals surface area contributed by atoms with Crippen LogP contribution in [0.15, 0.2) is 0 Å². The first kappa shape index (κ1) is 9.25. The molecule has 1 nitrogen and oxygen atoms in total. The lowest BCUT2D eigenvalue weighted by atomic mass is 9.93. The first-order valence-electron chi connectivity index (χ1n) is 2.65. The molecular weight excluding hydrogens is 159 g/mol. The molecule has 1 radical (unpaired) electrons. The molecule has 0 aromatic rings. The third kappa shape index (κ3) is 3.07. The highest BCUT2D eigenvalue weighted by atomic mass is 35.5. The molecule has 3 heteroatoms. The van der Waals surface area contributed by atoms with Crippen molar-refractivity contribution in [2.24, 2.45) is 5.41 Å². The number of halogens is 2. The summed E-state index contributed by atoms with van der Waals surface area (Å²) in [5.74, 6) is 0.817. The highest BCUT2D eigenvalue weighted by Crippen LogP contribution is 2.22. The van der Waals surface area contributed by atoms with Gasteiger partial charge in [-0.1, -0.05) is 6.92 Å². The monoisotopic (exact) mass is 167 g/mol. The molecule has 0 aliphatic rings. The second-order valence-corrected chi connectivity index (χ2v) is 2.93. The van der Waals surface area contributed by atoms with E-state index in [2.05, 4.69) is 0 Å². The number of hydrogen-bond donors (Lipinski definition) is 0. The summed E-state index contributed by atoms with van der Waals surface area (Å²) in [6.45, 7) is 1.86. The Kier molecular flexibility index (Phi) is 4.24. The number of carbonyl (C=O) groups excluding carboxylic acids is 1. The van der Waals surface area contributed by atoms with Crippen LogP contribution in [0.2, 0.25) is 0 Å². The maximum absolute atomic E-state index is 9.90.